The fraction of sp³-hybridized carbons (Fsp3) is 0.125. The summed E-state index contributed by atoms with van der Waals surface area (Å²) in [5.74, 6) is -2.29. The highest BCUT2D eigenvalue weighted by molar-refractivity contribution is 7.12. The van der Waals surface area contributed by atoms with E-state index in [2.05, 4.69) is 9.00 Å². The van der Waals surface area contributed by atoms with Crippen LogP contribution in [0, 0.1) is 0 Å². The number of halogens is 5. The van der Waals surface area contributed by atoms with Crippen molar-refractivity contribution in [3.8, 4) is 0 Å². The Balaban J connectivity index is 2.44. The SMILES string of the molecule is F[B-]1(F)OC(C(F)(F)F)=CC(c2cccs2)=[O+]1. The Labute approximate surface area is 96.1 Å². The Kier molecular flexibility index (Phi) is 2.72. The van der Waals surface area contributed by atoms with Crippen molar-refractivity contribution in [2.45, 2.75) is 6.18 Å². The average molecular weight is 270 g/mol. The molecule has 17 heavy (non-hydrogen) atoms. The molecule has 0 bridgehead atoms. The van der Waals surface area contributed by atoms with E-state index in [9.17, 15) is 21.8 Å². The van der Waals surface area contributed by atoms with Crippen molar-refractivity contribution in [3.05, 3.63) is 34.2 Å². The molecule has 2 heterocycles. The van der Waals surface area contributed by atoms with Crippen molar-refractivity contribution in [3.63, 3.8) is 0 Å². The van der Waals surface area contributed by atoms with Crippen molar-refractivity contribution >= 4 is 24.2 Å². The van der Waals surface area contributed by atoms with E-state index in [1.54, 1.807) is 0 Å². The van der Waals surface area contributed by atoms with Gasteiger partial charge in [-0.1, -0.05) is 6.07 Å². The van der Waals surface area contributed by atoms with Crippen LogP contribution >= 0.6 is 11.3 Å². The number of thiophene rings is 1. The van der Waals surface area contributed by atoms with Gasteiger partial charge >= 0.3 is 19.1 Å². The van der Waals surface area contributed by atoms with Gasteiger partial charge < -0.3 is 17.6 Å². The van der Waals surface area contributed by atoms with E-state index >= 15 is 0 Å². The molecule has 1 aliphatic rings. The molecule has 0 saturated heterocycles. The molecule has 0 N–H and O–H groups in total. The lowest BCUT2D eigenvalue weighted by molar-refractivity contribution is -0.208. The second-order valence-electron chi connectivity index (χ2n) is 3.12. The van der Waals surface area contributed by atoms with E-state index in [0.29, 0.717) is 6.08 Å². The minimum Gasteiger partial charge on any atom is -0.566 e. The van der Waals surface area contributed by atoms with Crippen LogP contribution in [0.15, 0.2) is 29.3 Å². The van der Waals surface area contributed by atoms with E-state index in [0.717, 1.165) is 11.3 Å². The number of alkyl halides is 3. The van der Waals surface area contributed by atoms with Crippen LogP contribution in [0.2, 0.25) is 0 Å². The molecule has 2 nitrogen and oxygen atoms in total. The fourth-order valence-corrected chi connectivity index (χ4v) is 1.89. The standard InChI is InChI=1S/C8H4BF5O2S/c10-8(11,12)7-4-5(6-2-1-3-17-6)15-9(13,14)16-7/h1-4H. The first-order valence-corrected chi connectivity index (χ1v) is 5.24. The first kappa shape index (κ1) is 12.1. The molecule has 9 heteroatoms. The van der Waals surface area contributed by atoms with Crippen LogP contribution in [0.4, 0.5) is 21.8 Å². The molecule has 0 radical (unpaired) electrons. The van der Waals surface area contributed by atoms with E-state index in [1.807, 2.05) is 0 Å². The van der Waals surface area contributed by atoms with E-state index in [-0.39, 0.29) is 4.88 Å². The monoisotopic (exact) mass is 270 g/mol. The first-order valence-electron chi connectivity index (χ1n) is 4.36. The molecule has 0 saturated carbocycles. The van der Waals surface area contributed by atoms with Gasteiger partial charge in [0.15, 0.2) is 5.76 Å². The van der Waals surface area contributed by atoms with Crippen LogP contribution in [0.3, 0.4) is 0 Å². The summed E-state index contributed by atoms with van der Waals surface area (Å²) >= 11 is 0.990. The molecule has 1 aliphatic heterocycles. The minimum absolute atomic E-state index is 0.177. The number of hydrogen-bond donors (Lipinski definition) is 0. The zero-order valence-electron chi connectivity index (χ0n) is 8.00. The maximum absolute atomic E-state index is 12.9. The molecule has 0 amide bonds. The lowest BCUT2D eigenvalue weighted by Crippen LogP contribution is -2.35. The summed E-state index contributed by atoms with van der Waals surface area (Å²) < 4.78 is 70.3. The molecule has 0 unspecified atom stereocenters. The summed E-state index contributed by atoms with van der Waals surface area (Å²) in [5.41, 5.74) is 0. The lowest BCUT2D eigenvalue weighted by Gasteiger charge is -2.20. The van der Waals surface area contributed by atoms with Gasteiger partial charge in [0.05, 0.1) is 6.08 Å². The van der Waals surface area contributed by atoms with Crippen molar-refractivity contribution in [2.75, 3.05) is 0 Å². The summed E-state index contributed by atoms with van der Waals surface area (Å²) in [7, 11) is -4.99. The largest absolute Gasteiger partial charge is 0.995 e. The van der Waals surface area contributed by atoms with E-state index < -0.39 is 24.8 Å². The van der Waals surface area contributed by atoms with Crippen LogP contribution in [-0.2, 0) is 4.65 Å². The van der Waals surface area contributed by atoms with Gasteiger partial charge in [-0.15, -0.1) is 11.3 Å². The molecule has 1 aromatic rings. The average Bonchev–Trinajstić information content (AvgIpc) is 2.66. The van der Waals surface area contributed by atoms with Gasteiger partial charge in [-0.2, -0.15) is 13.2 Å². The highest BCUT2D eigenvalue weighted by atomic mass is 32.1. The summed E-state index contributed by atoms with van der Waals surface area (Å²) in [6.07, 6.45) is -4.55. The zero-order chi connectivity index (χ0) is 12.7. The Bertz CT molecular complexity index is 477. The molecule has 0 aromatic carbocycles. The minimum atomic E-state index is -4.99. The van der Waals surface area contributed by atoms with Gasteiger partial charge in [-0.25, -0.2) is 0 Å². The number of hydrogen-bond acceptors (Lipinski definition) is 2. The number of carbonyl (C=O) groups excluding carboxylic acids is 1. The summed E-state index contributed by atoms with van der Waals surface area (Å²) in [6, 6.07) is 2.89. The van der Waals surface area contributed by atoms with Crippen LogP contribution in [0.25, 0.3) is 0 Å². The van der Waals surface area contributed by atoms with Gasteiger partial charge in [0.25, 0.3) is 0 Å². The van der Waals surface area contributed by atoms with Crippen molar-refractivity contribution < 1.29 is 30.8 Å². The van der Waals surface area contributed by atoms with Gasteiger partial charge in [-0.3, -0.25) is 0 Å². The third kappa shape index (κ3) is 2.66. The van der Waals surface area contributed by atoms with Crippen molar-refractivity contribution in [2.24, 2.45) is 0 Å². The topological polar surface area (TPSA) is 20.5 Å². The molecule has 2 rings (SSSR count). The van der Waals surface area contributed by atoms with Gasteiger partial charge in [0, 0.05) is 0 Å². The summed E-state index contributed by atoms with van der Waals surface area (Å²) in [6.45, 7) is 0. The molecule has 0 spiro atoms. The highest BCUT2D eigenvalue weighted by Gasteiger charge is 2.57. The van der Waals surface area contributed by atoms with Crippen LogP contribution in [0.5, 0.6) is 0 Å². The molecular formula is C8H4BF5O2S. The maximum atomic E-state index is 12.9. The number of rotatable bonds is 1. The predicted octanol–water partition coefficient (Wildman–Crippen LogP) is 3.32. The highest BCUT2D eigenvalue weighted by Crippen LogP contribution is 2.33. The van der Waals surface area contributed by atoms with Crippen molar-refractivity contribution in [1.82, 2.24) is 0 Å². The smallest absolute Gasteiger partial charge is 0.566 e. The van der Waals surface area contributed by atoms with Crippen LogP contribution < -0.4 is 0 Å². The van der Waals surface area contributed by atoms with Gasteiger partial charge in [0.2, 0.25) is 0 Å². The third-order valence-corrected chi connectivity index (χ3v) is 2.72. The maximum Gasteiger partial charge on any atom is 0.995 e. The molecular weight excluding hydrogens is 266 g/mol. The first-order chi connectivity index (χ1) is 7.78. The van der Waals surface area contributed by atoms with Crippen molar-refractivity contribution in [1.29, 1.82) is 0 Å². The zero-order valence-corrected chi connectivity index (χ0v) is 8.82. The Morgan fingerprint density at radius 1 is 1.29 bits per heavy atom. The van der Waals surface area contributed by atoms with E-state index in [1.165, 1.54) is 17.5 Å². The number of allylic oxidation sites excluding steroid dienone is 2. The van der Waals surface area contributed by atoms with E-state index in [4.69, 9.17) is 0 Å². The molecule has 1 aromatic heterocycles. The predicted molar refractivity (Wildman–Crippen MR) is 51.8 cm³/mol. The Hall–Kier alpha value is -1.38. The molecule has 0 aliphatic carbocycles. The normalized spacial score (nSPS) is 19.4. The van der Waals surface area contributed by atoms with Gasteiger partial charge in [-0.05, 0) is 11.4 Å². The summed E-state index contributed by atoms with van der Waals surface area (Å²) in [5, 5.41) is 1.54. The lowest BCUT2D eigenvalue weighted by atomic mass is 10.1. The number of ketones is 1. The molecule has 92 valence electrons. The summed E-state index contributed by atoms with van der Waals surface area (Å²) in [4.78, 5) is 0.177. The van der Waals surface area contributed by atoms with Crippen LogP contribution in [0.1, 0.15) is 9.22 Å². The molecule has 0 atom stereocenters. The van der Waals surface area contributed by atoms with Gasteiger partial charge in [0.1, 0.15) is 4.88 Å². The van der Waals surface area contributed by atoms with Crippen LogP contribution in [-0.4, -0.2) is 19.1 Å². The quantitative estimate of drug-likeness (QED) is 0.435. The molecule has 0 fully saturated rings. The second kappa shape index (κ2) is 3.83. The third-order valence-electron chi connectivity index (χ3n) is 1.83. The fourth-order valence-electron chi connectivity index (χ4n) is 1.20. The second-order valence-corrected chi connectivity index (χ2v) is 4.07. The Morgan fingerprint density at radius 2 is 2.00 bits per heavy atom. The Morgan fingerprint density at radius 3 is 2.53 bits per heavy atom.